The number of alkyl halides is 1. The zero-order valence-electron chi connectivity index (χ0n) is 12.2. The summed E-state index contributed by atoms with van der Waals surface area (Å²) in [4.78, 5) is 11.9. The molecule has 1 aliphatic rings. The van der Waals surface area contributed by atoms with E-state index in [0.29, 0.717) is 30.3 Å². The van der Waals surface area contributed by atoms with Crippen LogP contribution in [0.25, 0.3) is 0 Å². The van der Waals surface area contributed by atoms with E-state index in [1.165, 1.54) is 0 Å². The van der Waals surface area contributed by atoms with Crippen LogP contribution in [0.5, 0.6) is 11.5 Å². The van der Waals surface area contributed by atoms with Gasteiger partial charge in [-0.1, -0.05) is 6.07 Å². The fourth-order valence-electron chi connectivity index (χ4n) is 1.87. The van der Waals surface area contributed by atoms with Crippen LogP contribution in [0, 0.1) is 5.41 Å². The number of aliphatic hydroxyl groups is 1. The number of halogens is 1. The average molecular weight is 314 g/mol. The Bertz CT molecular complexity index is 518. The molecule has 1 aromatic carbocycles. The summed E-state index contributed by atoms with van der Waals surface area (Å²) in [5, 5.41) is 12.9. The molecule has 6 heteroatoms. The van der Waals surface area contributed by atoms with Crippen LogP contribution in [0.3, 0.4) is 0 Å². The molecule has 1 aliphatic heterocycles. The van der Waals surface area contributed by atoms with Crippen molar-refractivity contribution in [2.45, 2.75) is 20.0 Å². The van der Waals surface area contributed by atoms with Crippen molar-refractivity contribution in [3.8, 4) is 11.5 Å². The maximum atomic E-state index is 11.9. The summed E-state index contributed by atoms with van der Waals surface area (Å²) in [6.07, 6.45) is -0.809. The van der Waals surface area contributed by atoms with Crippen LogP contribution in [-0.4, -0.2) is 36.7 Å². The summed E-state index contributed by atoms with van der Waals surface area (Å²) in [6.45, 7) is 4.65. The monoisotopic (exact) mass is 313 g/mol. The van der Waals surface area contributed by atoms with Gasteiger partial charge >= 0.3 is 0 Å². The number of hydrogen-bond donors (Lipinski definition) is 2. The van der Waals surface area contributed by atoms with E-state index >= 15 is 0 Å². The molecule has 0 aromatic heterocycles. The van der Waals surface area contributed by atoms with Crippen LogP contribution in [-0.2, 0) is 4.79 Å². The lowest BCUT2D eigenvalue weighted by Gasteiger charge is -2.23. The first-order valence-corrected chi connectivity index (χ1v) is 7.39. The van der Waals surface area contributed by atoms with Gasteiger partial charge in [-0.25, -0.2) is 0 Å². The normalized spacial score (nSPS) is 15.4. The lowest BCUT2D eigenvalue weighted by atomic mass is 9.95. The predicted molar refractivity (Wildman–Crippen MR) is 79.9 cm³/mol. The summed E-state index contributed by atoms with van der Waals surface area (Å²) in [5.41, 5.74) is 0.0110. The third kappa shape index (κ3) is 3.80. The van der Waals surface area contributed by atoms with Crippen molar-refractivity contribution in [2.75, 3.05) is 25.6 Å². The topological polar surface area (TPSA) is 67.8 Å². The highest BCUT2D eigenvalue weighted by molar-refractivity contribution is 6.19. The first-order valence-electron chi connectivity index (χ1n) is 6.86. The fourth-order valence-corrected chi connectivity index (χ4v) is 2.00. The van der Waals surface area contributed by atoms with Crippen molar-refractivity contribution in [2.24, 2.45) is 5.41 Å². The SMILES string of the molecule is CC(C)(CCl)C(=O)NCC(O)c1ccc2c(c1)OCCO2. The number of amides is 1. The van der Waals surface area contributed by atoms with Crippen LogP contribution >= 0.6 is 11.6 Å². The molecule has 1 amide bonds. The first kappa shape index (κ1) is 15.9. The molecule has 1 unspecified atom stereocenters. The Hall–Kier alpha value is -1.46. The molecule has 0 radical (unpaired) electrons. The third-order valence-corrected chi connectivity index (χ3v) is 4.02. The van der Waals surface area contributed by atoms with Crippen molar-refractivity contribution in [3.63, 3.8) is 0 Å². The van der Waals surface area contributed by atoms with Gasteiger partial charge in [0, 0.05) is 12.4 Å². The molecule has 0 saturated heterocycles. The zero-order chi connectivity index (χ0) is 15.5. The van der Waals surface area contributed by atoms with E-state index in [0.717, 1.165) is 0 Å². The molecular formula is C15H20ClNO4. The Balaban J connectivity index is 1.97. The molecule has 2 N–H and O–H groups in total. The molecule has 1 aromatic rings. The van der Waals surface area contributed by atoms with Crippen molar-refractivity contribution in [1.82, 2.24) is 5.32 Å². The summed E-state index contributed by atoms with van der Waals surface area (Å²) < 4.78 is 10.9. The molecule has 0 spiro atoms. The number of benzene rings is 1. The molecule has 0 saturated carbocycles. The molecule has 0 aliphatic carbocycles. The van der Waals surface area contributed by atoms with Crippen LogP contribution in [0.2, 0.25) is 0 Å². The molecule has 5 nitrogen and oxygen atoms in total. The molecule has 116 valence electrons. The predicted octanol–water partition coefficient (Wildman–Crippen LogP) is 1.87. The summed E-state index contributed by atoms with van der Waals surface area (Å²) in [5.74, 6) is 1.32. The van der Waals surface area contributed by atoms with Gasteiger partial charge < -0.3 is 19.9 Å². The molecule has 0 fully saturated rings. The van der Waals surface area contributed by atoms with E-state index in [1.807, 2.05) is 0 Å². The van der Waals surface area contributed by atoms with Gasteiger partial charge in [0.1, 0.15) is 13.2 Å². The van der Waals surface area contributed by atoms with E-state index in [1.54, 1.807) is 32.0 Å². The number of carbonyl (C=O) groups is 1. The van der Waals surface area contributed by atoms with Gasteiger partial charge in [0.05, 0.1) is 11.5 Å². The Morgan fingerprint density at radius 1 is 1.38 bits per heavy atom. The number of hydrogen-bond acceptors (Lipinski definition) is 4. The number of ether oxygens (including phenoxy) is 2. The van der Waals surface area contributed by atoms with Gasteiger partial charge in [0.25, 0.3) is 0 Å². The van der Waals surface area contributed by atoms with E-state index in [9.17, 15) is 9.90 Å². The summed E-state index contributed by atoms with van der Waals surface area (Å²) in [7, 11) is 0. The lowest BCUT2D eigenvalue weighted by molar-refractivity contribution is -0.128. The minimum absolute atomic E-state index is 0.124. The highest BCUT2D eigenvalue weighted by Gasteiger charge is 2.27. The Morgan fingerprint density at radius 3 is 2.71 bits per heavy atom. The van der Waals surface area contributed by atoms with E-state index in [2.05, 4.69) is 5.32 Å². The number of carbonyl (C=O) groups excluding carboxylic acids is 1. The quantitative estimate of drug-likeness (QED) is 0.814. The Morgan fingerprint density at radius 2 is 2.05 bits per heavy atom. The minimum atomic E-state index is -0.809. The lowest BCUT2D eigenvalue weighted by Crippen LogP contribution is -2.40. The van der Waals surface area contributed by atoms with E-state index in [4.69, 9.17) is 21.1 Å². The van der Waals surface area contributed by atoms with Gasteiger partial charge in [-0.05, 0) is 31.5 Å². The van der Waals surface area contributed by atoms with E-state index in [-0.39, 0.29) is 18.3 Å². The number of rotatable bonds is 5. The number of fused-ring (bicyclic) bond motifs is 1. The highest BCUT2D eigenvalue weighted by Crippen LogP contribution is 2.32. The van der Waals surface area contributed by atoms with E-state index < -0.39 is 11.5 Å². The number of nitrogens with one attached hydrogen (secondary N) is 1. The Kier molecular flexibility index (Phi) is 4.96. The van der Waals surface area contributed by atoms with Crippen LogP contribution in [0.15, 0.2) is 18.2 Å². The molecule has 21 heavy (non-hydrogen) atoms. The van der Waals surface area contributed by atoms with Gasteiger partial charge in [0.2, 0.25) is 5.91 Å². The average Bonchev–Trinajstić information content (AvgIpc) is 2.51. The van der Waals surface area contributed by atoms with Gasteiger partial charge in [0.15, 0.2) is 11.5 Å². The van der Waals surface area contributed by atoms with Crippen molar-refractivity contribution < 1.29 is 19.4 Å². The van der Waals surface area contributed by atoms with Crippen molar-refractivity contribution >= 4 is 17.5 Å². The first-order chi connectivity index (χ1) is 9.94. The standard InChI is InChI=1S/C15H20ClNO4/c1-15(2,9-16)14(19)17-8-11(18)10-3-4-12-13(7-10)21-6-5-20-12/h3-4,7,11,18H,5-6,8-9H2,1-2H3,(H,17,19). The highest BCUT2D eigenvalue weighted by atomic mass is 35.5. The maximum Gasteiger partial charge on any atom is 0.226 e. The minimum Gasteiger partial charge on any atom is -0.486 e. The summed E-state index contributed by atoms with van der Waals surface area (Å²) in [6, 6.07) is 5.26. The van der Waals surface area contributed by atoms with Crippen molar-refractivity contribution in [1.29, 1.82) is 0 Å². The smallest absolute Gasteiger partial charge is 0.226 e. The third-order valence-electron chi connectivity index (χ3n) is 3.36. The second kappa shape index (κ2) is 6.54. The fraction of sp³-hybridized carbons (Fsp3) is 0.533. The molecule has 1 atom stereocenters. The van der Waals surface area contributed by atoms with Crippen LogP contribution in [0.1, 0.15) is 25.5 Å². The van der Waals surface area contributed by atoms with Crippen LogP contribution < -0.4 is 14.8 Å². The Labute approximate surface area is 129 Å². The largest absolute Gasteiger partial charge is 0.486 e. The molecular weight excluding hydrogens is 294 g/mol. The van der Waals surface area contributed by atoms with Gasteiger partial charge in [-0.15, -0.1) is 11.6 Å². The second-order valence-corrected chi connectivity index (χ2v) is 5.91. The van der Waals surface area contributed by atoms with Crippen molar-refractivity contribution in [3.05, 3.63) is 23.8 Å². The molecule has 1 heterocycles. The molecule has 2 rings (SSSR count). The number of aliphatic hydroxyl groups excluding tert-OH is 1. The van der Waals surface area contributed by atoms with Gasteiger partial charge in [-0.3, -0.25) is 4.79 Å². The second-order valence-electron chi connectivity index (χ2n) is 5.65. The molecule has 0 bridgehead atoms. The van der Waals surface area contributed by atoms with Gasteiger partial charge in [-0.2, -0.15) is 0 Å². The zero-order valence-corrected chi connectivity index (χ0v) is 12.9. The van der Waals surface area contributed by atoms with Crippen LogP contribution in [0.4, 0.5) is 0 Å². The maximum absolute atomic E-state index is 11.9. The summed E-state index contributed by atoms with van der Waals surface area (Å²) >= 11 is 5.75.